The number of imide groups is 1. The molecule has 12 nitrogen and oxygen atoms in total. The predicted molar refractivity (Wildman–Crippen MR) is 143 cm³/mol. The van der Waals surface area contributed by atoms with Crippen molar-refractivity contribution in [2.75, 3.05) is 5.32 Å². The van der Waals surface area contributed by atoms with Crippen LogP contribution in [0, 0.1) is 0 Å². The number of amides is 4. The van der Waals surface area contributed by atoms with Gasteiger partial charge >= 0.3 is 36.1 Å². The van der Waals surface area contributed by atoms with E-state index in [4.69, 9.17) is 9.25 Å². The van der Waals surface area contributed by atoms with Gasteiger partial charge in [0.05, 0.1) is 16.5 Å². The zero-order valence-electron chi connectivity index (χ0n) is 23.0. The standard InChI is InChI=1S/C29H15F6N3O9/c30-28(31,32)26(44)36-13-2-5-16-19(10-13)46-20-11-14(37-27(45)29(33,34)35)3-6-17(20)23(16)18-9-12(1-4-15(18)24(41)42)25(43)47-38-21(39)7-8-22(38)40/h1-6,9-11H,7-8H2,(H,36,44)(H,41,42). The smallest absolute Gasteiger partial charge is 0.473 e. The topological polar surface area (TPSA) is 173 Å². The molecule has 0 radical (unpaired) electrons. The van der Waals surface area contributed by atoms with Gasteiger partial charge < -0.3 is 19.7 Å². The Bertz CT molecular complexity index is 2050. The van der Waals surface area contributed by atoms with Gasteiger partial charge in [-0.2, -0.15) is 26.3 Å². The summed E-state index contributed by atoms with van der Waals surface area (Å²) in [6.07, 6.45) is -11.0. The summed E-state index contributed by atoms with van der Waals surface area (Å²) < 4.78 is 82.9. The minimum atomic E-state index is -5.33. The first-order valence-corrected chi connectivity index (χ1v) is 12.9. The number of rotatable bonds is 5. The maximum absolute atomic E-state index is 12.9. The molecule has 1 aliphatic carbocycles. The number of hydrogen-bond acceptors (Lipinski definition) is 8. The van der Waals surface area contributed by atoms with Crippen molar-refractivity contribution < 1.29 is 69.5 Å². The van der Waals surface area contributed by atoms with E-state index in [0.717, 1.165) is 54.6 Å². The molecule has 1 fully saturated rings. The van der Waals surface area contributed by atoms with E-state index in [1.807, 2.05) is 0 Å². The molecule has 0 atom stereocenters. The SMILES string of the molecule is O=C(ON1C(=O)CCC1=O)c1ccc(C(=O)O)c(-c2c3ccc(=NC(=O)C(F)(F)F)cc-3oc3cc(NC(=O)C(F)(F)F)ccc23)c1. The second-order valence-electron chi connectivity index (χ2n) is 9.76. The molecule has 47 heavy (non-hydrogen) atoms. The number of nitrogens with zero attached hydrogens (tertiary/aromatic N) is 2. The molecule has 2 aromatic rings. The normalized spacial score (nSPS) is 14.2. The van der Waals surface area contributed by atoms with Crippen molar-refractivity contribution in [2.24, 2.45) is 4.99 Å². The lowest BCUT2D eigenvalue weighted by molar-refractivity contribution is -0.172. The highest BCUT2D eigenvalue weighted by molar-refractivity contribution is 6.10. The van der Waals surface area contributed by atoms with Crippen molar-refractivity contribution in [3.63, 3.8) is 0 Å². The lowest BCUT2D eigenvalue weighted by Crippen LogP contribution is -2.32. The van der Waals surface area contributed by atoms with Gasteiger partial charge in [-0.25, -0.2) is 14.6 Å². The molecule has 2 heterocycles. The molecule has 0 unspecified atom stereocenters. The second kappa shape index (κ2) is 11.7. The number of aromatic carboxylic acids is 1. The highest BCUT2D eigenvalue weighted by Gasteiger charge is 2.39. The molecular formula is C29H15F6N3O9. The van der Waals surface area contributed by atoms with Crippen LogP contribution in [0.4, 0.5) is 32.0 Å². The number of fused-ring (bicyclic) bond motifs is 2. The van der Waals surface area contributed by atoms with Crippen LogP contribution in [-0.4, -0.2) is 58.1 Å². The first kappa shape index (κ1) is 32.3. The maximum atomic E-state index is 12.9. The molecule has 2 aromatic carbocycles. The summed E-state index contributed by atoms with van der Waals surface area (Å²) in [5, 5.41) is 11.3. The Hall–Kier alpha value is -6.07. The van der Waals surface area contributed by atoms with E-state index in [-0.39, 0.29) is 56.9 Å². The zero-order valence-corrected chi connectivity index (χ0v) is 23.0. The van der Waals surface area contributed by atoms with Gasteiger partial charge in [-0.05, 0) is 48.0 Å². The van der Waals surface area contributed by atoms with Gasteiger partial charge in [0.15, 0.2) is 0 Å². The average molecular weight is 663 g/mol. The van der Waals surface area contributed by atoms with Crippen LogP contribution in [-0.2, 0) is 24.0 Å². The van der Waals surface area contributed by atoms with Crippen molar-refractivity contribution in [2.45, 2.75) is 25.2 Å². The van der Waals surface area contributed by atoms with Crippen molar-refractivity contribution in [1.29, 1.82) is 0 Å². The van der Waals surface area contributed by atoms with E-state index < -0.39 is 64.5 Å². The summed E-state index contributed by atoms with van der Waals surface area (Å²) in [5.74, 6) is -9.55. The summed E-state index contributed by atoms with van der Waals surface area (Å²) in [7, 11) is 0. The molecule has 4 amide bonds. The third kappa shape index (κ3) is 6.51. The van der Waals surface area contributed by atoms with E-state index in [1.54, 1.807) is 5.32 Å². The van der Waals surface area contributed by atoms with Crippen LogP contribution in [0.15, 0.2) is 64.0 Å². The summed E-state index contributed by atoms with van der Waals surface area (Å²) in [6.45, 7) is 0. The number of halogens is 6. The van der Waals surface area contributed by atoms with Gasteiger partial charge in [-0.1, -0.05) is 0 Å². The van der Waals surface area contributed by atoms with Crippen LogP contribution >= 0.6 is 0 Å². The van der Waals surface area contributed by atoms with E-state index in [0.29, 0.717) is 0 Å². The summed E-state index contributed by atoms with van der Waals surface area (Å²) >= 11 is 0. The van der Waals surface area contributed by atoms with Crippen molar-refractivity contribution in [1.82, 2.24) is 5.06 Å². The minimum Gasteiger partial charge on any atom is -0.478 e. The number of benzene rings is 3. The third-order valence-corrected chi connectivity index (χ3v) is 6.63. The molecule has 0 bridgehead atoms. The van der Waals surface area contributed by atoms with Crippen LogP contribution in [0.3, 0.4) is 0 Å². The van der Waals surface area contributed by atoms with Gasteiger partial charge in [-0.3, -0.25) is 19.2 Å². The zero-order chi connectivity index (χ0) is 34.4. The highest BCUT2D eigenvalue weighted by Crippen LogP contribution is 2.42. The van der Waals surface area contributed by atoms with Crippen molar-refractivity contribution >= 4 is 52.2 Å². The van der Waals surface area contributed by atoms with Crippen LogP contribution in [0.2, 0.25) is 0 Å². The number of hydrogen-bond donors (Lipinski definition) is 2. The average Bonchev–Trinajstić information content (AvgIpc) is 3.30. The van der Waals surface area contributed by atoms with E-state index in [9.17, 15) is 60.2 Å². The van der Waals surface area contributed by atoms with Crippen LogP contribution in [0.1, 0.15) is 33.6 Å². The number of nitrogens with one attached hydrogen (secondary N) is 1. The quantitative estimate of drug-likeness (QED) is 0.176. The second-order valence-corrected chi connectivity index (χ2v) is 9.76. The molecule has 0 spiro atoms. The van der Waals surface area contributed by atoms with E-state index >= 15 is 0 Å². The lowest BCUT2D eigenvalue weighted by Gasteiger charge is -2.18. The van der Waals surface area contributed by atoms with Gasteiger partial charge in [0.2, 0.25) is 0 Å². The fourth-order valence-electron chi connectivity index (χ4n) is 4.56. The monoisotopic (exact) mass is 663 g/mol. The first-order chi connectivity index (χ1) is 21.9. The molecule has 0 aromatic heterocycles. The lowest BCUT2D eigenvalue weighted by atomic mass is 9.89. The van der Waals surface area contributed by atoms with Crippen molar-refractivity contribution in [3.05, 3.63) is 71.1 Å². The van der Waals surface area contributed by atoms with Crippen LogP contribution in [0.25, 0.3) is 33.4 Å². The fraction of sp³-hybridized carbons (Fsp3) is 0.138. The summed E-state index contributed by atoms with van der Waals surface area (Å²) in [4.78, 5) is 80.0. The summed E-state index contributed by atoms with van der Waals surface area (Å²) in [6, 6.07) is 9.04. The predicted octanol–water partition coefficient (Wildman–Crippen LogP) is 4.61. The van der Waals surface area contributed by atoms with Gasteiger partial charge in [0, 0.05) is 47.2 Å². The summed E-state index contributed by atoms with van der Waals surface area (Å²) in [5.41, 5.74) is -1.96. The number of carbonyl (C=O) groups is 6. The number of carboxylic acids is 1. The molecule has 18 heteroatoms. The molecule has 242 valence electrons. The Morgan fingerprint density at radius 1 is 0.851 bits per heavy atom. The Morgan fingerprint density at radius 2 is 1.53 bits per heavy atom. The van der Waals surface area contributed by atoms with Gasteiger partial charge in [-0.15, -0.1) is 5.06 Å². The van der Waals surface area contributed by atoms with E-state index in [2.05, 4.69) is 4.99 Å². The maximum Gasteiger partial charge on any atom is 0.473 e. The number of carboxylic acid groups (broad SMARTS) is 1. The van der Waals surface area contributed by atoms with E-state index in [1.165, 1.54) is 0 Å². The third-order valence-electron chi connectivity index (χ3n) is 6.63. The number of anilines is 1. The number of alkyl halides is 6. The Balaban J connectivity index is 1.75. The molecule has 1 saturated heterocycles. The minimum absolute atomic E-state index is 0.0171. The fourth-order valence-corrected chi connectivity index (χ4v) is 4.56. The molecule has 2 N–H and O–H groups in total. The Kier molecular flexibility index (Phi) is 8.04. The van der Waals surface area contributed by atoms with Crippen LogP contribution in [0.5, 0.6) is 0 Å². The van der Waals surface area contributed by atoms with Crippen molar-refractivity contribution in [3.8, 4) is 22.5 Å². The molecule has 2 aliphatic heterocycles. The number of carbonyl (C=O) groups excluding carboxylic acids is 5. The molecular weight excluding hydrogens is 648 g/mol. The first-order valence-electron chi connectivity index (χ1n) is 12.9. The Morgan fingerprint density at radius 3 is 2.15 bits per heavy atom. The van der Waals surface area contributed by atoms with Gasteiger partial charge in [0.25, 0.3) is 11.8 Å². The molecule has 5 rings (SSSR count). The van der Waals surface area contributed by atoms with Gasteiger partial charge in [0.1, 0.15) is 11.3 Å². The molecule has 3 aliphatic rings. The molecule has 0 saturated carbocycles. The highest BCUT2D eigenvalue weighted by atomic mass is 19.4. The largest absolute Gasteiger partial charge is 0.478 e. The Labute approximate surface area is 256 Å². The number of hydroxylamine groups is 2. The van der Waals surface area contributed by atoms with Crippen LogP contribution < -0.4 is 10.7 Å².